The Morgan fingerprint density at radius 1 is 0.861 bits per heavy atom. The van der Waals surface area contributed by atoms with Gasteiger partial charge < -0.3 is 20.1 Å². The van der Waals surface area contributed by atoms with E-state index >= 15 is 0 Å². The van der Waals surface area contributed by atoms with E-state index in [2.05, 4.69) is 10.6 Å². The van der Waals surface area contributed by atoms with E-state index in [1.165, 1.54) is 0 Å². The molecule has 3 aromatic carbocycles. The molecule has 1 amide bonds. The summed E-state index contributed by atoms with van der Waals surface area (Å²) in [4.78, 5) is 26.5. The summed E-state index contributed by atoms with van der Waals surface area (Å²) in [6.45, 7) is 6.13. The minimum Gasteiger partial charge on any atom is -0.493 e. The van der Waals surface area contributed by atoms with Gasteiger partial charge in [0.2, 0.25) is 5.91 Å². The lowest BCUT2D eigenvalue weighted by molar-refractivity contribution is -0.116. The molecule has 36 heavy (non-hydrogen) atoms. The lowest BCUT2D eigenvalue weighted by Crippen LogP contribution is -2.31. The number of fused-ring (bicyclic) bond motifs is 1. The van der Waals surface area contributed by atoms with Crippen LogP contribution in [0, 0.1) is 20.8 Å². The molecule has 1 heterocycles. The highest BCUT2D eigenvalue weighted by Crippen LogP contribution is 2.30. The predicted octanol–water partition coefficient (Wildman–Crippen LogP) is 5.19. The lowest BCUT2D eigenvalue weighted by Gasteiger charge is -2.16. The number of ether oxygens (including phenoxy) is 2. The number of carbonyl (C=O) groups is 1. The quantitative estimate of drug-likeness (QED) is 0.359. The van der Waals surface area contributed by atoms with Crippen LogP contribution in [-0.2, 0) is 17.9 Å². The summed E-state index contributed by atoms with van der Waals surface area (Å²) in [5, 5.41) is 7.13. The van der Waals surface area contributed by atoms with Gasteiger partial charge in [-0.1, -0.05) is 29.8 Å². The Balaban J connectivity index is 1.64. The van der Waals surface area contributed by atoms with E-state index in [0.717, 1.165) is 39.0 Å². The van der Waals surface area contributed by atoms with E-state index in [4.69, 9.17) is 9.47 Å². The van der Waals surface area contributed by atoms with Gasteiger partial charge in [-0.15, -0.1) is 0 Å². The number of amides is 1. The molecule has 2 N–H and O–H groups in total. The molecule has 7 heteroatoms. The standard InChI is InChI=1S/C29H31N3O4/c1-18-7-10-24(20(3)12-18)31-28(33)17-32-25-13-19(2)6-8-21(25)14-22(29(32)34)16-30-23-9-11-26(35-4)27(15-23)36-5/h6-15,30H,16-17H2,1-5H3,(H,31,33). The summed E-state index contributed by atoms with van der Waals surface area (Å²) < 4.78 is 12.2. The zero-order valence-electron chi connectivity index (χ0n) is 21.3. The fourth-order valence-corrected chi connectivity index (χ4v) is 4.26. The Hall–Kier alpha value is -4.26. The van der Waals surface area contributed by atoms with Crippen LogP contribution in [-0.4, -0.2) is 24.7 Å². The molecule has 0 saturated heterocycles. The summed E-state index contributed by atoms with van der Waals surface area (Å²) in [6.07, 6.45) is 0. The second kappa shape index (κ2) is 10.6. The monoisotopic (exact) mass is 485 g/mol. The molecule has 0 atom stereocenters. The third-order valence-electron chi connectivity index (χ3n) is 6.15. The number of nitrogens with zero attached hydrogens (tertiary/aromatic N) is 1. The van der Waals surface area contributed by atoms with Gasteiger partial charge >= 0.3 is 0 Å². The average Bonchev–Trinajstić information content (AvgIpc) is 2.86. The number of nitrogens with one attached hydrogen (secondary N) is 2. The summed E-state index contributed by atoms with van der Waals surface area (Å²) in [5.41, 5.74) is 5.72. The maximum absolute atomic E-state index is 13.5. The molecule has 0 fully saturated rings. The van der Waals surface area contributed by atoms with Crippen molar-refractivity contribution in [1.29, 1.82) is 0 Å². The van der Waals surface area contributed by atoms with Crippen molar-refractivity contribution in [3.63, 3.8) is 0 Å². The molecule has 0 saturated carbocycles. The predicted molar refractivity (Wildman–Crippen MR) is 144 cm³/mol. The zero-order chi connectivity index (χ0) is 25.8. The van der Waals surface area contributed by atoms with Crippen LogP contribution in [0.3, 0.4) is 0 Å². The number of pyridine rings is 1. The fraction of sp³-hybridized carbons (Fsp3) is 0.241. The molecule has 0 aliphatic rings. The first-order chi connectivity index (χ1) is 17.3. The van der Waals surface area contributed by atoms with E-state index in [1.54, 1.807) is 24.9 Å². The number of carbonyl (C=O) groups excluding carboxylic acids is 1. The normalized spacial score (nSPS) is 10.8. The summed E-state index contributed by atoms with van der Waals surface area (Å²) in [5.74, 6) is 0.968. The molecule has 0 aliphatic carbocycles. The van der Waals surface area contributed by atoms with E-state index in [9.17, 15) is 9.59 Å². The van der Waals surface area contributed by atoms with Gasteiger partial charge in [-0.05, 0) is 67.6 Å². The first-order valence-corrected chi connectivity index (χ1v) is 11.7. The van der Waals surface area contributed by atoms with Gasteiger partial charge in [0.15, 0.2) is 11.5 Å². The van der Waals surface area contributed by atoms with Gasteiger partial charge in [-0.3, -0.25) is 14.2 Å². The number of anilines is 2. The highest BCUT2D eigenvalue weighted by molar-refractivity contribution is 5.92. The molecular formula is C29H31N3O4. The van der Waals surface area contributed by atoms with Crippen LogP contribution >= 0.6 is 0 Å². The largest absolute Gasteiger partial charge is 0.493 e. The first-order valence-electron chi connectivity index (χ1n) is 11.7. The molecule has 0 unspecified atom stereocenters. The van der Waals surface area contributed by atoms with Gasteiger partial charge in [-0.2, -0.15) is 0 Å². The third kappa shape index (κ3) is 5.35. The number of hydrogen-bond acceptors (Lipinski definition) is 5. The van der Waals surface area contributed by atoms with Crippen molar-refractivity contribution in [2.75, 3.05) is 24.9 Å². The SMILES string of the molecule is COc1ccc(NCc2cc3ccc(C)cc3n(CC(=O)Nc3ccc(C)cc3C)c2=O)cc1OC. The van der Waals surface area contributed by atoms with Crippen molar-refractivity contribution in [3.8, 4) is 11.5 Å². The van der Waals surface area contributed by atoms with Crippen molar-refractivity contribution < 1.29 is 14.3 Å². The van der Waals surface area contributed by atoms with Crippen molar-refractivity contribution in [2.45, 2.75) is 33.9 Å². The number of methoxy groups -OCH3 is 2. The van der Waals surface area contributed by atoms with Crippen molar-refractivity contribution in [1.82, 2.24) is 4.57 Å². The molecule has 1 aromatic heterocycles. The maximum Gasteiger partial charge on any atom is 0.256 e. The van der Waals surface area contributed by atoms with E-state index in [1.807, 2.05) is 75.4 Å². The first kappa shape index (κ1) is 24.9. The minimum absolute atomic E-state index is 0.0870. The highest BCUT2D eigenvalue weighted by atomic mass is 16.5. The number of aryl methyl sites for hydroxylation is 3. The van der Waals surface area contributed by atoms with Crippen LogP contribution in [0.4, 0.5) is 11.4 Å². The van der Waals surface area contributed by atoms with E-state index in [0.29, 0.717) is 17.1 Å². The molecule has 0 bridgehead atoms. The Bertz CT molecular complexity index is 1490. The molecule has 0 aliphatic heterocycles. The minimum atomic E-state index is -0.253. The molecule has 0 spiro atoms. The summed E-state index contributed by atoms with van der Waals surface area (Å²) in [7, 11) is 3.16. The van der Waals surface area contributed by atoms with Crippen molar-refractivity contribution in [3.05, 3.63) is 93.3 Å². The Labute approximate surface area is 210 Å². The van der Waals surface area contributed by atoms with Gasteiger partial charge in [0, 0.05) is 29.5 Å². The smallest absolute Gasteiger partial charge is 0.256 e. The van der Waals surface area contributed by atoms with Crippen LogP contribution in [0.25, 0.3) is 10.9 Å². The second-order valence-electron chi connectivity index (χ2n) is 8.91. The molecular weight excluding hydrogens is 454 g/mol. The number of benzene rings is 3. The van der Waals surface area contributed by atoms with Gasteiger partial charge in [0.1, 0.15) is 6.54 Å². The topological polar surface area (TPSA) is 81.6 Å². The van der Waals surface area contributed by atoms with Gasteiger partial charge in [0.05, 0.1) is 19.7 Å². The summed E-state index contributed by atoms with van der Waals surface area (Å²) >= 11 is 0. The third-order valence-corrected chi connectivity index (χ3v) is 6.15. The van der Waals surface area contributed by atoms with Gasteiger partial charge in [0.25, 0.3) is 5.56 Å². The van der Waals surface area contributed by atoms with Crippen LogP contribution < -0.4 is 25.7 Å². The van der Waals surface area contributed by atoms with Crippen LogP contribution in [0.15, 0.2) is 65.5 Å². The van der Waals surface area contributed by atoms with E-state index < -0.39 is 0 Å². The van der Waals surface area contributed by atoms with E-state index in [-0.39, 0.29) is 24.6 Å². The maximum atomic E-state index is 13.5. The summed E-state index contributed by atoms with van der Waals surface area (Å²) in [6, 6.07) is 19.1. The van der Waals surface area contributed by atoms with Crippen molar-refractivity contribution >= 4 is 28.2 Å². The number of aromatic nitrogens is 1. The molecule has 7 nitrogen and oxygen atoms in total. The molecule has 186 valence electrons. The second-order valence-corrected chi connectivity index (χ2v) is 8.91. The van der Waals surface area contributed by atoms with Crippen LogP contribution in [0.2, 0.25) is 0 Å². The fourth-order valence-electron chi connectivity index (χ4n) is 4.26. The molecule has 4 rings (SSSR count). The molecule has 4 aromatic rings. The van der Waals surface area contributed by atoms with Crippen molar-refractivity contribution in [2.24, 2.45) is 0 Å². The number of rotatable bonds is 8. The Morgan fingerprint density at radius 3 is 2.31 bits per heavy atom. The zero-order valence-corrected chi connectivity index (χ0v) is 21.3. The molecule has 0 radical (unpaired) electrons. The number of hydrogen-bond donors (Lipinski definition) is 2. The van der Waals surface area contributed by atoms with Gasteiger partial charge in [-0.25, -0.2) is 0 Å². The highest BCUT2D eigenvalue weighted by Gasteiger charge is 2.14. The average molecular weight is 486 g/mol. The Morgan fingerprint density at radius 2 is 1.58 bits per heavy atom. The Kier molecular flexibility index (Phi) is 7.29. The lowest BCUT2D eigenvalue weighted by atomic mass is 10.1. The van der Waals surface area contributed by atoms with Crippen LogP contribution in [0.1, 0.15) is 22.3 Å². The van der Waals surface area contributed by atoms with Crippen LogP contribution in [0.5, 0.6) is 11.5 Å².